The molecule has 0 aliphatic heterocycles. The average Bonchev–Trinajstić information content (AvgIpc) is 2.42. The Morgan fingerprint density at radius 1 is 1.04 bits per heavy atom. The standard InChI is InChI=1S/C17H27F3O4SSi/c1-11(2)13-10-12(23-25(21,22)17(18,19)20)8-9-14(13)16(6,7)24-26-15(3,4)5/h8-11H,26H2,1-7H3. The van der Waals surface area contributed by atoms with Crippen LogP contribution in [0, 0.1) is 0 Å². The quantitative estimate of drug-likeness (QED) is 0.389. The molecule has 0 heterocycles. The second kappa shape index (κ2) is 7.51. The smallest absolute Gasteiger partial charge is 0.415 e. The summed E-state index contributed by atoms with van der Waals surface area (Å²) in [7, 11) is -6.57. The Labute approximate surface area is 156 Å². The Bertz CT molecular complexity index is 735. The molecule has 0 aliphatic carbocycles. The lowest BCUT2D eigenvalue weighted by Crippen LogP contribution is -2.29. The molecule has 1 aromatic rings. The van der Waals surface area contributed by atoms with Crippen LogP contribution < -0.4 is 4.18 Å². The number of rotatable bonds is 6. The lowest BCUT2D eigenvalue weighted by molar-refractivity contribution is -0.0500. The van der Waals surface area contributed by atoms with Crippen molar-refractivity contribution in [1.82, 2.24) is 0 Å². The fraction of sp³-hybridized carbons (Fsp3) is 0.647. The minimum atomic E-state index is -5.70. The summed E-state index contributed by atoms with van der Waals surface area (Å²) in [4.78, 5) is 0. The third-order valence-electron chi connectivity index (χ3n) is 3.65. The molecule has 0 aliphatic rings. The summed E-state index contributed by atoms with van der Waals surface area (Å²) in [5, 5.41) is 0.0824. The van der Waals surface area contributed by atoms with Gasteiger partial charge in [0.15, 0.2) is 9.76 Å². The van der Waals surface area contributed by atoms with Crippen LogP contribution in [0.4, 0.5) is 13.2 Å². The molecule has 0 aromatic heterocycles. The first-order chi connectivity index (χ1) is 11.5. The van der Waals surface area contributed by atoms with E-state index in [4.69, 9.17) is 4.43 Å². The van der Waals surface area contributed by atoms with Crippen LogP contribution >= 0.6 is 0 Å². The van der Waals surface area contributed by atoms with Crippen molar-refractivity contribution < 1.29 is 30.2 Å². The van der Waals surface area contributed by atoms with Crippen molar-refractivity contribution >= 4 is 19.9 Å². The molecule has 0 amide bonds. The Morgan fingerprint density at radius 2 is 1.58 bits per heavy atom. The van der Waals surface area contributed by atoms with E-state index >= 15 is 0 Å². The molecule has 0 saturated heterocycles. The van der Waals surface area contributed by atoms with E-state index in [0.717, 1.165) is 5.56 Å². The van der Waals surface area contributed by atoms with Crippen LogP contribution in [0.15, 0.2) is 18.2 Å². The fourth-order valence-corrected chi connectivity index (χ4v) is 3.67. The lowest BCUT2D eigenvalue weighted by Gasteiger charge is -2.33. The van der Waals surface area contributed by atoms with Crippen molar-refractivity contribution in [2.75, 3.05) is 0 Å². The van der Waals surface area contributed by atoms with Gasteiger partial charge in [-0.25, -0.2) is 0 Å². The molecule has 0 spiro atoms. The van der Waals surface area contributed by atoms with E-state index in [0.29, 0.717) is 5.56 Å². The molecule has 0 saturated carbocycles. The zero-order valence-corrected chi connectivity index (χ0v) is 18.4. The molecule has 0 radical (unpaired) electrons. The topological polar surface area (TPSA) is 52.6 Å². The van der Waals surface area contributed by atoms with Gasteiger partial charge in [-0.2, -0.15) is 21.6 Å². The molecule has 0 N–H and O–H groups in total. The molecular weight excluding hydrogens is 385 g/mol. The molecule has 1 rings (SSSR count). The molecule has 0 fully saturated rings. The summed E-state index contributed by atoms with van der Waals surface area (Å²) in [5.74, 6) is -0.417. The van der Waals surface area contributed by atoms with E-state index in [-0.39, 0.29) is 16.7 Å². The number of benzene rings is 1. The summed E-state index contributed by atoms with van der Waals surface area (Å²) >= 11 is 0. The van der Waals surface area contributed by atoms with E-state index < -0.39 is 31.0 Å². The van der Waals surface area contributed by atoms with Crippen molar-refractivity contribution in [3.05, 3.63) is 29.3 Å². The molecule has 0 atom stereocenters. The first-order valence-electron chi connectivity index (χ1n) is 8.25. The van der Waals surface area contributed by atoms with Gasteiger partial charge in [0.25, 0.3) is 0 Å². The second-order valence-corrected chi connectivity index (χ2v) is 12.5. The predicted octanol–water partition coefficient (Wildman–Crippen LogP) is 4.59. The number of alkyl halides is 3. The SMILES string of the molecule is CC(C)c1cc(OS(=O)(=O)C(F)(F)F)ccc1C(C)(C)O[SiH2]C(C)(C)C. The summed E-state index contributed by atoms with van der Waals surface area (Å²) in [6.45, 7) is 13.8. The van der Waals surface area contributed by atoms with Gasteiger partial charge >= 0.3 is 15.6 Å². The van der Waals surface area contributed by atoms with E-state index in [1.807, 2.05) is 27.7 Å². The average molecular weight is 413 g/mol. The van der Waals surface area contributed by atoms with Crippen LogP contribution in [0.25, 0.3) is 0 Å². The molecule has 150 valence electrons. The summed E-state index contributed by atoms with van der Waals surface area (Å²) in [6.07, 6.45) is 0. The third-order valence-corrected chi connectivity index (χ3v) is 6.36. The minimum Gasteiger partial charge on any atom is -0.415 e. The third kappa shape index (κ3) is 5.99. The van der Waals surface area contributed by atoms with Gasteiger partial charge < -0.3 is 8.61 Å². The van der Waals surface area contributed by atoms with E-state index in [1.165, 1.54) is 12.1 Å². The fourth-order valence-electron chi connectivity index (χ4n) is 2.27. The van der Waals surface area contributed by atoms with Crippen LogP contribution in [0.2, 0.25) is 5.04 Å². The number of hydrogen-bond donors (Lipinski definition) is 0. The highest BCUT2D eigenvalue weighted by Gasteiger charge is 2.48. The van der Waals surface area contributed by atoms with Gasteiger partial charge in [0, 0.05) is 0 Å². The Hall–Kier alpha value is -1.06. The largest absolute Gasteiger partial charge is 0.534 e. The Balaban J connectivity index is 3.25. The molecule has 1 aromatic carbocycles. The first-order valence-corrected chi connectivity index (χ1v) is 10.9. The van der Waals surface area contributed by atoms with Gasteiger partial charge in [-0.3, -0.25) is 0 Å². The van der Waals surface area contributed by atoms with Crippen molar-refractivity contribution in [3.8, 4) is 5.75 Å². The van der Waals surface area contributed by atoms with Crippen LogP contribution in [0.3, 0.4) is 0 Å². The molecule has 26 heavy (non-hydrogen) atoms. The maximum absolute atomic E-state index is 12.5. The van der Waals surface area contributed by atoms with Crippen molar-refractivity contribution in [1.29, 1.82) is 0 Å². The highest BCUT2D eigenvalue weighted by atomic mass is 32.2. The minimum absolute atomic E-state index is 0.0543. The van der Waals surface area contributed by atoms with Gasteiger partial charge in [-0.15, -0.1) is 0 Å². The summed E-state index contributed by atoms with van der Waals surface area (Å²) < 4.78 is 70.5. The van der Waals surface area contributed by atoms with E-state index in [1.54, 1.807) is 6.07 Å². The zero-order valence-electron chi connectivity index (χ0n) is 16.2. The van der Waals surface area contributed by atoms with E-state index in [9.17, 15) is 21.6 Å². The molecule has 0 unspecified atom stereocenters. The highest BCUT2D eigenvalue weighted by molar-refractivity contribution is 7.88. The normalized spacial score (nSPS) is 14.4. The van der Waals surface area contributed by atoms with Crippen LogP contribution in [0.5, 0.6) is 5.75 Å². The Morgan fingerprint density at radius 3 is 2.00 bits per heavy atom. The van der Waals surface area contributed by atoms with Crippen molar-refractivity contribution in [3.63, 3.8) is 0 Å². The Kier molecular flexibility index (Phi) is 6.64. The molecule has 4 nitrogen and oxygen atoms in total. The monoisotopic (exact) mass is 412 g/mol. The van der Waals surface area contributed by atoms with Gasteiger partial charge in [0.1, 0.15) is 5.75 Å². The predicted molar refractivity (Wildman–Crippen MR) is 98.5 cm³/mol. The van der Waals surface area contributed by atoms with E-state index in [2.05, 4.69) is 25.0 Å². The summed E-state index contributed by atoms with van der Waals surface area (Å²) in [6, 6.07) is 4.15. The van der Waals surface area contributed by atoms with Gasteiger partial charge in [0.05, 0.1) is 5.60 Å². The van der Waals surface area contributed by atoms with Crippen LogP contribution in [0.1, 0.15) is 65.5 Å². The van der Waals surface area contributed by atoms with Gasteiger partial charge in [-0.1, -0.05) is 40.7 Å². The van der Waals surface area contributed by atoms with Gasteiger partial charge in [-0.05, 0) is 48.1 Å². The number of hydrogen-bond acceptors (Lipinski definition) is 4. The first kappa shape index (κ1) is 23.0. The van der Waals surface area contributed by atoms with Crippen LogP contribution in [-0.4, -0.2) is 23.7 Å². The lowest BCUT2D eigenvalue weighted by atomic mass is 9.88. The molecule has 0 bridgehead atoms. The second-order valence-electron chi connectivity index (χ2n) is 8.25. The number of halogens is 3. The maximum Gasteiger partial charge on any atom is 0.534 e. The molecular formula is C17H27F3O4SSi. The van der Waals surface area contributed by atoms with Crippen LogP contribution in [-0.2, 0) is 20.1 Å². The highest BCUT2D eigenvalue weighted by Crippen LogP contribution is 2.37. The summed E-state index contributed by atoms with van der Waals surface area (Å²) in [5.41, 5.74) is -4.61. The zero-order chi connectivity index (χ0) is 20.6. The van der Waals surface area contributed by atoms with Crippen molar-refractivity contribution in [2.24, 2.45) is 0 Å². The maximum atomic E-state index is 12.5. The van der Waals surface area contributed by atoms with Gasteiger partial charge in [0.2, 0.25) is 0 Å². The van der Waals surface area contributed by atoms with Crippen molar-refractivity contribution in [2.45, 2.75) is 70.5 Å². The molecule has 9 heteroatoms.